The second-order valence-corrected chi connectivity index (χ2v) is 9.48. The van der Waals surface area contributed by atoms with E-state index in [-0.39, 0.29) is 6.04 Å². The zero-order valence-corrected chi connectivity index (χ0v) is 20.6. The summed E-state index contributed by atoms with van der Waals surface area (Å²) in [5, 5.41) is 21.7. The van der Waals surface area contributed by atoms with Crippen LogP contribution in [-0.2, 0) is 5.60 Å². The number of rotatable bonds is 6. The van der Waals surface area contributed by atoms with Gasteiger partial charge in [-0.15, -0.1) is 0 Å². The lowest BCUT2D eigenvalue weighted by Gasteiger charge is -2.45. The zero-order valence-electron chi connectivity index (χ0n) is 19.1. The highest BCUT2D eigenvalue weighted by molar-refractivity contribution is 6.33. The summed E-state index contributed by atoms with van der Waals surface area (Å²) < 4.78 is 5.13. The van der Waals surface area contributed by atoms with Gasteiger partial charge in [-0.3, -0.25) is 4.90 Å². The van der Waals surface area contributed by atoms with Crippen LogP contribution in [0.4, 0.5) is 5.69 Å². The fraction of sp³-hybridized carbons (Fsp3) is 0.308. The average Bonchev–Trinajstić information content (AvgIpc) is 2.84. The Labute approximate surface area is 209 Å². The molecule has 1 saturated heterocycles. The average molecular weight is 497 g/mol. The van der Waals surface area contributed by atoms with Crippen LogP contribution in [0.1, 0.15) is 29.7 Å². The Bertz CT molecular complexity index is 1180. The van der Waals surface area contributed by atoms with Crippen LogP contribution < -0.4 is 9.64 Å². The molecule has 1 fully saturated rings. The molecule has 0 bridgehead atoms. The Morgan fingerprint density at radius 1 is 1.15 bits per heavy atom. The molecule has 1 aliphatic rings. The summed E-state index contributed by atoms with van der Waals surface area (Å²) in [6.45, 7) is 4.37. The first-order valence-electron chi connectivity index (χ1n) is 11.0. The van der Waals surface area contributed by atoms with E-state index in [0.29, 0.717) is 41.1 Å². The second kappa shape index (κ2) is 10.2. The Balaban J connectivity index is 1.60. The van der Waals surface area contributed by atoms with Crippen molar-refractivity contribution in [1.29, 1.82) is 5.26 Å². The van der Waals surface area contributed by atoms with Gasteiger partial charge in [-0.1, -0.05) is 35.3 Å². The van der Waals surface area contributed by atoms with Crippen molar-refractivity contribution in [3.05, 3.63) is 87.5 Å². The molecule has 1 aromatic heterocycles. The number of benzene rings is 2. The monoisotopic (exact) mass is 496 g/mol. The van der Waals surface area contributed by atoms with Crippen LogP contribution in [0.2, 0.25) is 10.0 Å². The number of hydrogen-bond donors (Lipinski definition) is 1. The van der Waals surface area contributed by atoms with E-state index in [1.54, 1.807) is 38.4 Å². The third-order valence-corrected chi connectivity index (χ3v) is 6.76. The van der Waals surface area contributed by atoms with E-state index in [1.807, 2.05) is 36.4 Å². The summed E-state index contributed by atoms with van der Waals surface area (Å²) in [7, 11) is 1.57. The molecule has 34 heavy (non-hydrogen) atoms. The molecular weight excluding hydrogens is 471 g/mol. The highest BCUT2D eigenvalue weighted by Crippen LogP contribution is 2.37. The maximum Gasteiger partial charge on any atom is 0.212 e. The molecule has 2 atom stereocenters. The number of aromatic nitrogens is 1. The van der Waals surface area contributed by atoms with Gasteiger partial charge in [-0.05, 0) is 48.9 Å². The second-order valence-electron chi connectivity index (χ2n) is 8.64. The number of hydrogen-bond acceptors (Lipinski definition) is 6. The third-order valence-electron chi connectivity index (χ3n) is 6.20. The van der Waals surface area contributed by atoms with Gasteiger partial charge in [0.2, 0.25) is 5.88 Å². The molecule has 176 valence electrons. The van der Waals surface area contributed by atoms with E-state index in [2.05, 4.69) is 20.9 Å². The maximum atomic E-state index is 11.3. The quantitative estimate of drug-likeness (QED) is 0.515. The Kier molecular flexibility index (Phi) is 7.30. The Hall–Kier alpha value is -2.82. The van der Waals surface area contributed by atoms with E-state index in [0.717, 1.165) is 23.4 Å². The van der Waals surface area contributed by atoms with Crippen molar-refractivity contribution in [2.24, 2.45) is 0 Å². The lowest BCUT2D eigenvalue weighted by Crippen LogP contribution is -2.52. The molecule has 8 heteroatoms. The summed E-state index contributed by atoms with van der Waals surface area (Å²) in [6, 6.07) is 18.9. The molecule has 0 spiro atoms. The molecule has 1 aliphatic heterocycles. The van der Waals surface area contributed by atoms with Crippen LogP contribution in [0.25, 0.3) is 0 Å². The van der Waals surface area contributed by atoms with Crippen molar-refractivity contribution in [3.8, 4) is 11.9 Å². The van der Waals surface area contributed by atoms with Gasteiger partial charge in [0, 0.05) is 49.0 Å². The van der Waals surface area contributed by atoms with E-state index < -0.39 is 5.60 Å². The lowest BCUT2D eigenvalue weighted by molar-refractivity contribution is 0.00997. The molecule has 0 amide bonds. The number of aliphatic hydroxyl groups is 1. The topological polar surface area (TPSA) is 72.6 Å². The van der Waals surface area contributed by atoms with Crippen LogP contribution in [0.3, 0.4) is 0 Å². The zero-order chi connectivity index (χ0) is 24.3. The van der Waals surface area contributed by atoms with Crippen LogP contribution in [0.15, 0.2) is 60.8 Å². The molecule has 2 aromatic carbocycles. The maximum absolute atomic E-state index is 11.3. The molecule has 1 unspecified atom stereocenters. The van der Waals surface area contributed by atoms with E-state index in [1.165, 1.54) is 0 Å². The van der Waals surface area contributed by atoms with Crippen molar-refractivity contribution < 1.29 is 9.84 Å². The molecule has 0 radical (unpaired) electrons. The fourth-order valence-corrected chi connectivity index (χ4v) is 4.81. The van der Waals surface area contributed by atoms with Crippen molar-refractivity contribution in [2.75, 3.05) is 38.2 Å². The molecule has 2 heterocycles. The van der Waals surface area contributed by atoms with Crippen LogP contribution in [0, 0.1) is 11.3 Å². The van der Waals surface area contributed by atoms with Gasteiger partial charge in [0.05, 0.1) is 35.5 Å². The number of anilines is 1. The van der Waals surface area contributed by atoms with Gasteiger partial charge >= 0.3 is 0 Å². The number of nitrogens with zero attached hydrogens (tertiary/aromatic N) is 4. The smallest absolute Gasteiger partial charge is 0.212 e. The summed E-state index contributed by atoms with van der Waals surface area (Å²) in [6.07, 6.45) is 1.66. The summed E-state index contributed by atoms with van der Waals surface area (Å²) >= 11 is 12.7. The van der Waals surface area contributed by atoms with Gasteiger partial charge < -0.3 is 14.7 Å². The van der Waals surface area contributed by atoms with Crippen molar-refractivity contribution in [1.82, 2.24) is 9.88 Å². The Morgan fingerprint density at radius 2 is 1.91 bits per heavy atom. The first kappa shape index (κ1) is 24.3. The Morgan fingerprint density at radius 3 is 2.53 bits per heavy atom. The van der Waals surface area contributed by atoms with Gasteiger partial charge in [-0.25, -0.2) is 4.98 Å². The normalized spacial score (nSPS) is 18.2. The number of piperazine rings is 1. The standard InChI is InChI=1S/C26H26Cl2N4O2/c1-26(33,20-6-10-25(34-2)30-15-20)17-31-11-12-32(23-9-3-18(14-29)13-22(23)28)24(16-31)19-4-7-21(27)8-5-19/h3-10,13,15,24,33H,11-12,16-17H2,1-2H3/t24?,26-/m1/s1. The first-order chi connectivity index (χ1) is 16.3. The minimum absolute atomic E-state index is 0.0127. The number of nitriles is 1. The first-order valence-corrected chi connectivity index (χ1v) is 11.7. The number of methoxy groups -OCH3 is 1. The largest absolute Gasteiger partial charge is 0.481 e. The van der Waals surface area contributed by atoms with Crippen molar-refractivity contribution >= 4 is 28.9 Å². The van der Waals surface area contributed by atoms with Gasteiger partial charge in [0.25, 0.3) is 0 Å². The van der Waals surface area contributed by atoms with E-state index in [9.17, 15) is 10.4 Å². The minimum atomic E-state index is -1.09. The number of halogens is 2. The SMILES string of the molecule is COc1ccc([C@](C)(O)CN2CCN(c3ccc(C#N)cc3Cl)C(c3ccc(Cl)cc3)C2)cn1. The van der Waals surface area contributed by atoms with Crippen molar-refractivity contribution in [3.63, 3.8) is 0 Å². The van der Waals surface area contributed by atoms with Crippen LogP contribution in [-0.4, -0.2) is 48.3 Å². The number of ether oxygens (including phenoxy) is 1. The molecule has 3 aromatic rings. The predicted octanol–water partition coefficient (Wildman–Crippen LogP) is 5.04. The number of β-amino-alcohol motifs (C(OH)–C–C–N with tert-alkyl or cyclic N) is 1. The molecular formula is C26H26Cl2N4O2. The molecule has 6 nitrogen and oxygen atoms in total. The highest BCUT2D eigenvalue weighted by Gasteiger charge is 2.34. The van der Waals surface area contributed by atoms with Crippen LogP contribution >= 0.6 is 23.2 Å². The van der Waals surface area contributed by atoms with Gasteiger partial charge in [0.15, 0.2) is 0 Å². The van der Waals surface area contributed by atoms with E-state index in [4.69, 9.17) is 27.9 Å². The van der Waals surface area contributed by atoms with Crippen molar-refractivity contribution in [2.45, 2.75) is 18.6 Å². The summed E-state index contributed by atoms with van der Waals surface area (Å²) in [5.41, 5.74) is 2.15. The van der Waals surface area contributed by atoms with Gasteiger partial charge in [-0.2, -0.15) is 5.26 Å². The molecule has 0 aliphatic carbocycles. The summed E-state index contributed by atoms with van der Waals surface area (Å²) in [4.78, 5) is 8.75. The minimum Gasteiger partial charge on any atom is -0.481 e. The lowest BCUT2D eigenvalue weighted by atomic mass is 9.95. The predicted molar refractivity (Wildman–Crippen MR) is 135 cm³/mol. The fourth-order valence-electron chi connectivity index (χ4n) is 4.40. The highest BCUT2D eigenvalue weighted by atomic mass is 35.5. The van der Waals surface area contributed by atoms with Gasteiger partial charge in [0.1, 0.15) is 5.60 Å². The molecule has 4 rings (SSSR count). The van der Waals surface area contributed by atoms with E-state index >= 15 is 0 Å². The molecule has 1 N–H and O–H groups in total. The number of pyridine rings is 1. The third kappa shape index (κ3) is 5.29. The molecule has 0 saturated carbocycles. The summed E-state index contributed by atoms with van der Waals surface area (Å²) in [5.74, 6) is 0.510. The van der Waals surface area contributed by atoms with Crippen LogP contribution in [0.5, 0.6) is 5.88 Å².